The SMILES string of the molecule is C=CCOC(=O)C1(C(=O)O)CCC1. The molecule has 1 aliphatic carbocycles. The second-order valence-corrected chi connectivity index (χ2v) is 3.13. The molecule has 1 saturated carbocycles. The molecule has 0 aliphatic heterocycles. The molecule has 0 amide bonds. The van der Waals surface area contributed by atoms with Gasteiger partial charge in [0, 0.05) is 0 Å². The van der Waals surface area contributed by atoms with E-state index in [4.69, 9.17) is 9.84 Å². The van der Waals surface area contributed by atoms with Crippen LogP contribution in [0.1, 0.15) is 19.3 Å². The molecule has 1 aliphatic rings. The van der Waals surface area contributed by atoms with Crippen LogP contribution in [0.4, 0.5) is 0 Å². The van der Waals surface area contributed by atoms with Gasteiger partial charge in [0.25, 0.3) is 0 Å². The van der Waals surface area contributed by atoms with E-state index < -0.39 is 17.4 Å². The van der Waals surface area contributed by atoms with Crippen molar-refractivity contribution in [1.29, 1.82) is 0 Å². The molecule has 4 nitrogen and oxygen atoms in total. The Morgan fingerprint density at radius 2 is 2.15 bits per heavy atom. The lowest BCUT2D eigenvalue weighted by Crippen LogP contribution is -2.46. The van der Waals surface area contributed by atoms with Gasteiger partial charge in [0.2, 0.25) is 0 Å². The van der Waals surface area contributed by atoms with Crippen molar-refractivity contribution in [3.8, 4) is 0 Å². The molecule has 0 aromatic carbocycles. The fourth-order valence-corrected chi connectivity index (χ4v) is 1.31. The molecule has 0 aromatic heterocycles. The van der Waals surface area contributed by atoms with Crippen LogP contribution in [-0.4, -0.2) is 23.7 Å². The number of carbonyl (C=O) groups excluding carboxylic acids is 1. The zero-order valence-corrected chi connectivity index (χ0v) is 7.28. The molecule has 72 valence electrons. The van der Waals surface area contributed by atoms with Gasteiger partial charge in [0.05, 0.1) is 0 Å². The fourth-order valence-electron chi connectivity index (χ4n) is 1.31. The summed E-state index contributed by atoms with van der Waals surface area (Å²) in [5, 5.41) is 8.83. The smallest absolute Gasteiger partial charge is 0.323 e. The van der Waals surface area contributed by atoms with Crippen LogP contribution in [0.2, 0.25) is 0 Å². The van der Waals surface area contributed by atoms with Crippen LogP contribution in [0, 0.1) is 5.41 Å². The Bertz CT molecular complexity index is 240. The van der Waals surface area contributed by atoms with Crippen molar-refractivity contribution in [2.24, 2.45) is 5.41 Å². The van der Waals surface area contributed by atoms with Crippen molar-refractivity contribution in [2.75, 3.05) is 6.61 Å². The maximum atomic E-state index is 11.3. The average Bonchev–Trinajstić information content (AvgIpc) is 1.97. The van der Waals surface area contributed by atoms with Crippen LogP contribution in [-0.2, 0) is 14.3 Å². The molecule has 0 aromatic rings. The van der Waals surface area contributed by atoms with Gasteiger partial charge in [-0.25, -0.2) is 0 Å². The fraction of sp³-hybridized carbons (Fsp3) is 0.556. The minimum absolute atomic E-state index is 0.0772. The molecule has 0 radical (unpaired) electrons. The third-order valence-electron chi connectivity index (χ3n) is 2.34. The zero-order chi connectivity index (χ0) is 9.90. The lowest BCUT2D eigenvalue weighted by Gasteiger charge is -2.34. The zero-order valence-electron chi connectivity index (χ0n) is 7.28. The van der Waals surface area contributed by atoms with E-state index in [-0.39, 0.29) is 6.61 Å². The van der Waals surface area contributed by atoms with Crippen molar-refractivity contribution in [1.82, 2.24) is 0 Å². The minimum atomic E-state index is -1.26. The number of hydrogen-bond acceptors (Lipinski definition) is 3. The second-order valence-electron chi connectivity index (χ2n) is 3.13. The molecule has 1 rings (SSSR count). The van der Waals surface area contributed by atoms with Crippen molar-refractivity contribution in [3.63, 3.8) is 0 Å². The van der Waals surface area contributed by atoms with E-state index in [0.717, 1.165) is 6.42 Å². The first-order valence-corrected chi connectivity index (χ1v) is 4.15. The van der Waals surface area contributed by atoms with Gasteiger partial charge in [-0.3, -0.25) is 9.59 Å². The number of aliphatic carboxylic acids is 1. The minimum Gasteiger partial charge on any atom is -0.480 e. The predicted octanol–water partition coefficient (Wildman–Crippen LogP) is 0.970. The molecule has 0 heterocycles. The van der Waals surface area contributed by atoms with Gasteiger partial charge in [-0.05, 0) is 19.3 Å². The van der Waals surface area contributed by atoms with E-state index in [1.54, 1.807) is 0 Å². The van der Waals surface area contributed by atoms with E-state index >= 15 is 0 Å². The van der Waals surface area contributed by atoms with Crippen LogP contribution >= 0.6 is 0 Å². The van der Waals surface area contributed by atoms with Gasteiger partial charge < -0.3 is 9.84 Å². The van der Waals surface area contributed by atoms with Crippen LogP contribution in [0.3, 0.4) is 0 Å². The van der Waals surface area contributed by atoms with Crippen LogP contribution in [0.15, 0.2) is 12.7 Å². The highest BCUT2D eigenvalue weighted by molar-refractivity contribution is 6.00. The van der Waals surface area contributed by atoms with Gasteiger partial charge in [-0.1, -0.05) is 12.7 Å². The first kappa shape index (κ1) is 9.77. The van der Waals surface area contributed by atoms with Crippen molar-refractivity contribution < 1.29 is 19.4 Å². The summed E-state index contributed by atoms with van der Waals surface area (Å²) in [6.07, 6.45) is 2.97. The van der Waals surface area contributed by atoms with Gasteiger partial charge in [-0.15, -0.1) is 0 Å². The van der Waals surface area contributed by atoms with Crippen LogP contribution in [0.25, 0.3) is 0 Å². The number of carboxylic acid groups (broad SMARTS) is 1. The van der Waals surface area contributed by atoms with E-state index in [0.29, 0.717) is 12.8 Å². The lowest BCUT2D eigenvalue weighted by atomic mass is 9.69. The highest BCUT2D eigenvalue weighted by atomic mass is 16.5. The summed E-state index contributed by atoms with van der Waals surface area (Å²) in [7, 11) is 0. The van der Waals surface area contributed by atoms with Crippen molar-refractivity contribution in [3.05, 3.63) is 12.7 Å². The molecule has 13 heavy (non-hydrogen) atoms. The average molecular weight is 184 g/mol. The highest BCUT2D eigenvalue weighted by Gasteiger charge is 2.52. The Labute approximate surface area is 76.2 Å². The molecule has 0 spiro atoms. The second kappa shape index (κ2) is 3.60. The van der Waals surface area contributed by atoms with Gasteiger partial charge in [0.1, 0.15) is 6.61 Å². The lowest BCUT2D eigenvalue weighted by molar-refractivity contribution is -0.174. The molecular weight excluding hydrogens is 172 g/mol. The summed E-state index contributed by atoms with van der Waals surface area (Å²) in [5.41, 5.74) is -1.26. The maximum absolute atomic E-state index is 11.3. The summed E-state index contributed by atoms with van der Waals surface area (Å²) in [6.45, 7) is 3.46. The molecule has 1 fully saturated rings. The Balaban J connectivity index is 2.60. The first-order valence-electron chi connectivity index (χ1n) is 4.15. The van der Waals surface area contributed by atoms with E-state index in [9.17, 15) is 9.59 Å². The molecule has 0 saturated heterocycles. The third kappa shape index (κ3) is 1.56. The summed E-state index contributed by atoms with van der Waals surface area (Å²) >= 11 is 0. The molecule has 0 unspecified atom stereocenters. The number of carboxylic acids is 1. The number of carbonyl (C=O) groups is 2. The largest absolute Gasteiger partial charge is 0.480 e. The first-order chi connectivity index (χ1) is 6.13. The maximum Gasteiger partial charge on any atom is 0.323 e. The molecular formula is C9H12O4. The molecule has 1 N–H and O–H groups in total. The predicted molar refractivity (Wildman–Crippen MR) is 45.1 cm³/mol. The number of rotatable bonds is 4. The van der Waals surface area contributed by atoms with Crippen LogP contribution in [0.5, 0.6) is 0 Å². The number of ether oxygens (including phenoxy) is 1. The Hall–Kier alpha value is -1.32. The number of esters is 1. The quantitative estimate of drug-likeness (QED) is 0.401. The molecule has 0 bridgehead atoms. The van der Waals surface area contributed by atoms with E-state index in [1.165, 1.54) is 6.08 Å². The summed E-state index contributed by atoms with van der Waals surface area (Å²) in [6, 6.07) is 0. The standard InChI is InChI=1S/C9H12O4/c1-2-6-13-8(12)9(7(10)11)4-3-5-9/h2H,1,3-6H2,(H,10,11). The summed E-state index contributed by atoms with van der Waals surface area (Å²) in [5.74, 6) is -1.71. The topological polar surface area (TPSA) is 63.6 Å². The highest BCUT2D eigenvalue weighted by Crippen LogP contribution is 2.42. The van der Waals surface area contributed by atoms with Crippen LogP contribution < -0.4 is 0 Å². The van der Waals surface area contributed by atoms with Gasteiger partial charge in [-0.2, -0.15) is 0 Å². The Kier molecular flexibility index (Phi) is 2.70. The summed E-state index contributed by atoms with van der Waals surface area (Å²) in [4.78, 5) is 22.1. The number of hydrogen-bond donors (Lipinski definition) is 1. The van der Waals surface area contributed by atoms with Crippen molar-refractivity contribution in [2.45, 2.75) is 19.3 Å². The molecule has 4 heteroatoms. The monoisotopic (exact) mass is 184 g/mol. The van der Waals surface area contributed by atoms with Gasteiger partial charge in [0.15, 0.2) is 5.41 Å². The molecule has 0 atom stereocenters. The Morgan fingerprint density at radius 3 is 2.46 bits per heavy atom. The van der Waals surface area contributed by atoms with E-state index in [1.807, 2.05) is 0 Å². The Morgan fingerprint density at radius 1 is 1.54 bits per heavy atom. The third-order valence-corrected chi connectivity index (χ3v) is 2.34. The van der Waals surface area contributed by atoms with Crippen molar-refractivity contribution >= 4 is 11.9 Å². The summed E-state index contributed by atoms with van der Waals surface area (Å²) < 4.78 is 4.72. The van der Waals surface area contributed by atoms with Gasteiger partial charge >= 0.3 is 11.9 Å². The van der Waals surface area contributed by atoms with E-state index in [2.05, 4.69) is 6.58 Å². The normalized spacial score (nSPS) is 18.5.